The van der Waals surface area contributed by atoms with Gasteiger partial charge in [0.25, 0.3) is 11.5 Å². The Morgan fingerprint density at radius 1 is 1.16 bits per heavy atom. The molecule has 0 N–H and O–H groups in total. The zero-order chi connectivity index (χ0) is 22.8. The molecular weight excluding hydrogens is 442 g/mol. The van der Waals surface area contributed by atoms with E-state index < -0.39 is 0 Å². The second-order valence-corrected chi connectivity index (χ2v) is 9.35. The summed E-state index contributed by atoms with van der Waals surface area (Å²) in [5.41, 5.74) is 3.14. The van der Waals surface area contributed by atoms with Gasteiger partial charge in [-0.1, -0.05) is 41.4 Å². The van der Waals surface area contributed by atoms with Crippen molar-refractivity contribution < 1.29 is 4.79 Å². The van der Waals surface area contributed by atoms with Crippen LogP contribution in [0.3, 0.4) is 0 Å². The fraction of sp³-hybridized carbons (Fsp3) is 0.240. The van der Waals surface area contributed by atoms with Crippen molar-refractivity contribution in [2.75, 3.05) is 13.1 Å². The minimum absolute atomic E-state index is 0.000260. The summed E-state index contributed by atoms with van der Waals surface area (Å²) in [6.07, 6.45) is 3.59. The van der Waals surface area contributed by atoms with Crippen LogP contribution in [-0.4, -0.2) is 28.5 Å². The van der Waals surface area contributed by atoms with Gasteiger partial charge >= 0.3 is 0 Å². The van der Waals surface area contributed by atoms with E-state index in [0.29, 0.717) is 33.0 Å². The molecule has 0 radical (unpaired) electrons. The lowest BCUT2D eigenvalue weighted by Crippen LogP contribution is -2.35. The number of hydrogen-bond donors (Lipinski definition) is 0. The Kier molecular flexibility index (Phi) is 6.31. The monoisotopic (exact) mass is 463 g/mol. The molecule has 1 amide bonds. The molecule has 32 heavy (non-hydrogen) atoms. The first-order chi connectivity index (χ1) is 15.4. The van der Waals surface area contributed by atoms with Gasteiger partial charge in [0.2, 0.25) is 0 Å². The number of nitriles is 1. The molecule has 3 aromatic rings. The SMILES string of the molecule is Cc1ccc(-n2c(=C(C#N)C(=O)N3CCCC3)sc(=Cc3cccc(Cl)c3)c2=O)c(C)c1. The number of aromatic nitrogens is 1. The van der Waals surface area contributed by atoms with Crippen molar-refractivity contribution >= 4 is 40.5 Å². The maximum Gasteiger partial charge on any atom is 0.273 e. The van der Waals surface area contributed by atoms with Gasteiger partial charge in [-0.25, -0.2) is 0 Å². The van der Waals surface area contributed by atoms with Crippen LogP contribution >= 0.6 is 22.9 Å². The number of aryl methyl sites for hydroxylation is 2. The van der Waals surface area contributed by atoms with Gasteiger partial charge < -0.3 is 4.90 Å². The molecule has 5 nitrogen and oxygen atoms in total. The molecule has 0 bridgehead atoms. The normalized spacial score (nSPS) is 15.1. The van der Waals surface area contributed by atoms with Crippen LogP contribution in [0.15, 0.2) is 47.3 Å². The number of benzene rings is 2. The summed E-state index contributed by atoms with van der Waals surface area (Å²) < 4.78 is 2.29. The lowest BCUT2D eigenvalue weighted by molar-refractivity contribution is -0.123. The average molecular weight is 464 g/mol. The molecule has 0 atom stereocenters. The van der Waals surface area contributed by atoms with E-state index >= 15 is 0 Å². The van der Waals surface area contributed by atoms with Crippen LogP contribution in [0.4, 0.5) is 0 Å². The first-order valence-electron chi connectivity index (χ1n) is 10.4. The van der Waals surface area contributed by atoms with Crippen LogP contribution in [0.25, 0.3) is 17.3 Å². The van der Waals surface area contributed by atoms with E-state index in [1.54, 1.807) is 23.1 Å². The van der Waals surface area contributed by atoms with Gasteiger partial charge in [0.1, 0.15) is 10.7 Å². The minimum atomic E-state index is -0.320. The first kappa shape index (κ1) is 22.1. The fourth-order valence-electron chi connectivity index (χ4n) is 3.94. The highest BCUT2D eigenvalue weighted by atomic mass is 35.5. The van der Waals surface area contributed by atoms with Crippen molar-refractivity contribution in [3.63, 3.8) is 0 Å². The van der Waals surface area contributed by atoms with E-state index in [-0.39, 0.29) is 17.0 Å². The van der Waals surface area contributed by atoms with E-state index in [0.717, 1.165) is 40.9 Å². The number of carbonyl (C=O) groups excluding carboxylic acids is 1. The molecule has 162 valence electrons. The highest BCUT2D eigenvalue weighted by Crippen LogP contribution is 2.16. The Hall–Kier alpha value is -3.14. The van der Waals surface area contributed by atoms with Gasteiger partial charge in [0.15, 0.2) is 5.57 Å². The highest BCUT2D eigenvalue weighted by Gasteiger charge is 2.24. The molecular formula is C25H22ClN3O2S. The number of amides is 1. The Morgan fingerprint density at radius 2 is 1.91 bits per heavy atom. The van der Waals surface area contributed by atoms with Gasteiger partial charge in [-0.05, 0) is 62.1 Å². The molecule has 0 aliphatic carbocycles. The second kappa shape index (κ2) is 9.15. The molecule has 1 aliphatic heterocycles. The Bertz CT molecular complexity index is 1420. The number of likely N-dealkylation sites (tertiary alicyclic amines) is 1. The van der Waals surface area contributed by atoms with E-state index in [2.05, 4.69) is 6.07 Å². The van der Waals surface area contributed by atoms with Crippen LogP contribution in [0.2, 0.25) is 5.02 Å². The number of halogens is 1. The third kappa shape index (κ3) is 4.27. The first-order valence-corrected chi connectivity index (χ1v) is 11.6. The van der Waals surface area contributed by atoms with Crippen molar-refractivity contribution in [3.8, 4) is 11.8 Å². The fourth-order valence-corrected chi connectivity index (χ4v) is 5.23. The summed E-state index contributed by atoms with van der Waals surface area (Å²) in [5, 5.41) is 10.5. The molecule has 1 saturated heterocycles. The number of carbonyl (C=O) groups is 1. The van der Waals surface area contributed by atoms with E-state index in [4.69, 9.17) is 11.6 Å². The summed E-state index contributed by atoms with van der Waals surface area (Å²) in [6.45, 7) is 5.16. The lowest BCUT2D eigenvalue weighted by Gasteiger charge is -2.14. The van der Waals surface area contributed by atoms with Crippen LogP contribution in [0.1, 0.15) is 29.5 Å². The number of rotatable bonds is 3. The number of thiazole rings is 1. The molecule has 2 aromatic carbocycles. The van der Waals surface area contributed by atoms with Gasteiger partial charge in [-0.15, -0.1) is 11.3 Å². The third-order valence-electron chi connectivity index (χ3n) is 5.50. The molecule has 1 fully saturated rings. The minimum Gasteiger partial charge on any atom is -0.338 e. The van der Waals surface area contributed by atoms with Crippen LogP contribution < -0.4 is 14.8 Å². The average Bonchev–Trinajstić information content (AvgIpc) is 3.39. The number of nitrogens with zero attached hydrogens (tertiary/aromatic N) is 3. The van der Waals surface area contributed by atoms with E-state index in [1.807, 2.05) is 44.2 Å². The smallest absolute Gasteiger partial charge is 0.273 e. The van der Waals surface area contributed by atoms with Crippen LogP contribution in [-0.2, 0) is 4.79 Å². The van der Waals surface area contributed by atoms with Gasteiger partial charge in [-0.3, -0.25) is 14.2 Å². The summed E-state index contributed by atoms with van der Waals surface area (Å²) >= 11 is 7.27. The Labute approximate surface area is 195 Å². The second-order valence-electron chi connectivity index (χ2n) is 7.89. The van der Waals surface area contributed by atoms with E-state index in [1.165, 1.54) is 4.57 Å². The predicted octanol–water partition coefficient (Wildman–Crippen LogP) is 3.29. The van der Waals surface area contributed by atoms with Crippen LogP contribution in [0, 0.1) is 25.2 Å². The zero-order valence-corrected chi connectivity index (χ0v) is 19.5. The van der Waals surface area contributed by atoms with Gasteiger partial charge in [0.05, 0.1) is 10.2 Å². The van der Waals surface area contributed by atoms with Crippen molar-refractivity contribution in [2.45, 2.75) is 26.7 Å². The van der Waals surface area contributed by atoms with Gasteiger partial charge in [0, 0.05) is 18.1 Å². The van der Waals surface area contributed by atoms with Crippen molar-refractivity contribution in [3.05, 3.63) is 83.7 Å². The summed E-state index contributed by atoms with van der Waals surface area (Å²) in [7, 11) is 0. The summed E-state index contributed by atoms with van der Waals surface area (Å²) in [4.78, 5) is 28.4. The number of hydrogen-bond acceptors (Lipinski definition) is 4. The lowest BCUT2D eigenvalue weighted by atomic mass is 10.1. The van der Waals surface area contributed by atoms with Crippen molar-refractivity contribution in [2.24, 2.45) is 0 Å². The van der Waals surface area contributed by atoms with E-state index in [9.17, 15) is 14.9 Å². The maximum absolute atomic E-state index is 13.5. The largest absolute Gasteiger partial charge is 0.338 e. The molecule has 7 heteroatoms. The highest BCUT2D eigenvalue weighted by molar-refractivity contribution is 7.07. The Morgan fingerprint density at radius 3 is 2.56 bits per heavy atom. The molecule has 1 aromatic heterocycles. The summed E-state index contributed by atoms with van der Waals surface area (Å²) in [5.74, 6) is -0.320. The maximum atomic E-state index is 13.5. The standard InChI is InChI=1S/C25H22ClN3O2S/c1-16-8-9-21(17(2)12-16)29-24(31)22(14-18-6-5-7-19(26)13-18)32-25(29)20(15-27)23(30)28-10-3-4-11-28/h5-9,12-14H,3-4,10-11H2,1-2H3. The van der Waals surface area contributed by atoms with Gasteiger partial charge in [-0.2, -0.15) is 5.26 Å². The zero-order valence-electron chi connectivity index (χ0n) is 17.9. The van der Waals surface area contributed by atoms with Crippen molar-refractivity contribution in [1.29, 1.82) is 5.26 Å². The Balaban J connectivity index is 2.05. The molecule has 4 rings (SSSR count). The molecule has 1 aliphatic rings. The summed E-state index contributed by atoms with van der Waals surface area (Å²) in [6, 6.07) is 15.1. The molecule has 0 saturated carbocycles. The quantitative estimate of drug-likeness (QED) is 0.598. The topological polar surface area (TPSA) is 66.1 Å². The van der Waals surface area contributed by atoms with Crippen molar-refractivity contribution in [1.82, 2.24) is 9.47 Å². The van der Waals surface area contributed by atoms with Crippen LogP contribution in [0.5, 0.6) is 0 Å². The molecule has 2 heterocycles. The molecule has 0 spiro atoms. The molecule has 0 unspecified atom stereocenters. The predicted molar refractivity (Wildman–Crippen MR) is 128 cm³/mol. The third-order valence-corrected chi connectivity index (χ3v) is 6.82.